The van der Waals surface area contributed by atoms with E-state index < -0.39 is 0 Å². The first-order chi connectivity index (χ1) is 8.90. The fourth-order valence-corrected chi connectivity index (χ4v) is 2.18. The molecule has 0 aliphatic carbocycles. The first-order valence-corrected chi connectivity index (χ1v) is 7.96. The Morgan fingerprint density at radius 3 is 2.00 bits per heavy atom. The molecular weight excluding hydrogens is 258 g/mol. The minimum absolute atomic E-state index is 0.304. The molecule has 1 aromatic rings. The van der Waals surface area contributed by atoms with E-state index in [9.17, 15) is 0 Å². The Morgan fingerprint density at radius 2 is 1.53 bits per heavy atom. The summed E-state index contributed by atoms with van der Waals surface area (Å²) in [5.41, 5.74) is 0. The lowest BCUT2D eigenvalue weighted by atomic mass is 10.1. The molecule has 0 saturated carbocycles. The van der Waals surface area contributed by atoms with E-state index in [4.69, 9.17) is 0 Å². The van der Waals surface area contributed by atoms with Crippen LogP contribution in [0, 0.1) is 5.92 Å². The fraction of sp³-hybridized carbons (Fsp3) is 0.769. The number of nitrogens with zero attached hydrogens (tertiary/aromatic N) is 3. The van der Waals surface area contributed by atoms with E-state index in [0.29, 0.717) is 29.9 Å². The van der Waals surface area contributed by atoms with E-state index in [1.165, 1.54) is 11.8 Å². The van der Waals surface area contributed by atoms with Gasteiger partial charge in [0.2, 0.25) is 11.9 Å². The SMILES string of the molecule is CSc1nc(NC(C)C)nc(NC(C)CC(C)C)n1. The highest BCUT2D eigenvalue weighted by Gasteiger charge is 2.10. The maximum Gasteiger partial charge on any atom is 0.228 e. The van der Waals surface area contributed by atoms with Crippen molar-refractivity contribution in [3.05, 3.63) is 0 Å². The predicted molar refractivity (Wildman–Crippen MR) is 82.9 cm³/mol. The van der Waals surface area contributed by atoms with Crippen LogP contribution < -0.4 is 10.6 Å². The van der Waals surface area contributed by atoms with Crippen LogP contribution in [0.25, 0.3) is 0 Å². The highest BCUT2D eigenvalue weighted by atomic mass is 32.2. The van der Waals surface area contributed by atoms with Gasteiger partial charge in [0.25, 0.3) is 0 Å². The molecular formula is C13H25N5S. The van der Waals surface area contributed by atoms with Gasteiger partial charge in [0.1, 0.15) is 0 Å². The second-order valence-corrected chi connectivity index (χ2v) is 6.22. The van der Waals surface area contributed by atoms with Crippen molar-refractivity contribution in [1.29, 1.82) is 0 Å². The quantitative estimate of drug-likeness (QED) is 0.749. The third-order valence-electron chi connectivity index (χ3n) is 2.42. The summed E-state index contributed by atoms with van der Waals surface area (Å²) in [4.78, 5) is 13.2. The molecule has 2 N–H and O–H groups in total. The number of rotatable bonds is 7. The number of anilines is 2. The van der Waals surface area contributed by atoms with Crippen molar-refractivity contribution < 1.29 is 0 Å². The van der Waals surface area contributed by atoms with Crippen molar-refractivity contribution >= 4 is 23.7 Å². The molecule has 19 heavy (non-hydrogen) atoms. The first kappa shape index (κ1) is 16.0. The summed E-state index contributed by atoms with van der Waals surface area (Å²) in [6.07, 6.45) is 3.06. The summed E-state index contributed by atoms with van der Waals surface area (Å²) in [6, 6.07) is 0.655. The molecule has 0 fully saturated rings. The van der Waals surface area contributed by atoms with Crippen molar-refractivity contribution in [2.24, 2.45) is 5.92 Å². The number of hydrogen-bond acceptors (Lipinski definition) is 6. The van der Waals surface area contributed by atoms with E-state index in [0.717, 1.165) is 11.6 Å². The van der Waals surface area contributed by atoms with Gasteiger partial charge in [-0.05, 0) is 39.4 Å². The van der Waals surface area contributed by atoms with Crippen LogP contribution in [0.4, 0.5) is 11.9 Å². The molecule has 0 radical (unpaired) electrons. The van der Waals surface area contributed by atoms with Crippen molar-refractivity contribution in [1.82, 2.24) is 15.0 Å². The third-order valence-corrected chi connectivity index (χ3v) is 2.96. The Morgan fingerprint density at radius 1 is 0.947 bits per heavy atom. The monoisotopic (exact) mass is 283 g/mol. The maximum absolute atomic E-state index is 4.41. The summed E-state index contributed by atoms with van der Waals surface area (Å²) in [5.74, 6) is 1.93. The molecule has 0 bridgehead atoms. The van der Waals surface area contributed by atoms with Crippen LogP contribution in [0.5, 0.6) is 0 Å². The largest absolute Gasteiger partial charge is 0.352 e. The zero-order valence-electron chi connectivity index (χ0n) is 12.7. The second kappa shape index (κ2) is 7.53. The molecule has 5 nitrogen and oxygen atoms in total. The summed E-state index contributed by atoms with van der Waals surface area (Å²) in [6.45, 7) is 10.7. The predicted octanol–water partition coefficient (Wildman–Crippen LogP) is 3.26. The summed E-state index contributed by atoms with van der Waals surface area (Å²) in [5, 5.41) is 7.30. The van der Waals surface area contributed by atoms with Crippen molar-refractivity contribution in [2.75, 3.05) is 16.9 Å². The normalized spacial score (nSPS) is 12.8. The number of aromatic nitrogens is 3. The van der Waals surface area contributed by atoms with Crippen LogP contribution in [0.3, 0.4) is 0 Å². The van der Waals surface area contributed by atoms with Crippen LogP contribution in [0.1, 0.15) is 41.0 Å². The van der Waals surface area contributed by atoms with Crippen LogP contribution in [0.2, 0.25) is 0 Å². The van der Waals surface area contributed by atoms with E-state index in [1.807, 2.05) is 6.26 Å². The van der Waals surface area contributed by atoms with Gasteiger partial charge in [-0.25, -0.2) is 0 Å². The molecule has 108 valence electrons. The van der Waals surface area contributed by atoms with Crippen molar-refractivity contribution in [2.45, 2.75) is 58.3 Å². The van der Waals surface area contributed by atoms with Gasteiger partial charge in [0.15, 0.2) is 5.16 Å². The average Bonchev–Trinajstić information content (AvgIpc) is 2.26. The Labute approximate surface area is 120 Å². The number of hydrogen-bond donors (Lipinski definition) is 2. The lowest BCUT2D eigenvalue weighted by molar-refractivity contribution is 0.537. The van der Waals surface area contributed by atoms with Gasteiger partial charge in [0.05, 0.1) is 0 Å². The van der Waals surface area contributed by atoms with Crippen LogP contribution >= 0.6 is 11.8 Å². The minimum atomic E-state index is 0.304. The van der Waals surface area contributed by atoms with E-state index in [2.05, 4.69) is 60.2 Å². The van der Waals surface area contributed by atoms with Gasteiger partial charge < -0.3 is 10.6 Å². The lowest BCUT2D eigenvalue weighted by Gasteiger charge is -2.17. The van der Waals surface area contributed by atoms with Gasteiger partial charge >= 0.3 is 0 Å². The standard InChI is InChI=1S/C13H25N5S/c1-8(2)7-10(5)15-12-16-11(14-9(3)4)17-13(18-12)19-6/h8-10H,7H2,1-6H3,(H2,14,15,16,17,18). The molecule has 0 aliphatic rings. The first-order valence-electron chi connectivity index (χ1n) is 6.73. The van der Waals surface area contributed by atoms with Crippen LogP contribution in [0.15, 0.2) is 5.16 Å². The van der Waals surface area contributed by atoms with Gasteiger partial charge in [-0.15, -0.1) is 0 Å². The molecule has 1 rings (SSSR count). The van der Waals surface area contributed by atoms with Crippen molar-refractivity contribution in [3.8, 4) is 0 Å². The van der Waals surface area contributed by atoms with Gasteiger partial charge in [0, 0.05) is 12.1 Å². The van der Waals surface area contributed by atoms with E-state index in [1.54, 1.807) is 0 Å². The lowest BCUT2D eigenvalue weighted by Crippen LogP contribution is -2.21. The average molecular weight is 283 g/mol. The Kier molecular flexibility index (Phi) is 6.34. The number of thioether (sulfide) groups is 1. The molecule has 0 saturated heterocycles. The molecule has 0 aliphatic heterocycles. The zero-order chi connectivity index (χ0) is 14.4. The molecule has 1 unspecified atom stereocenters. The summed E-state index contributed by atoms with van der Waals surface area (Å²) >= 11 is 1.52. The molecule has 1 aromatic heterocycles. The Bertz CT molecular complexity index is 395. The fourth-order valence-electron chi connectivity index (χ4n) is 1.82. The van der Waals surface area contributed by atoms with Crippen LogP contribution in [-0.2, 0) is 0 Å². The molecule has 0 aromatic carbocycles. The smallest absolute Gasteiger partial charge is 0.228 e. The van der Waals surface area contributed by atoms with Crippen molar-refractivity contribution in [3.63, 3.8) is 0 Å². The van der Waals surface area contributed by atoms with Gasteiger partial charge in [-0.1, -0.05) is 25.6 Å². The Balaban J connectivity index is 2.81. The van der Waals surface area contributed by atoms with Gasteiger partial charge in [-0.2, -0.15) is 15.0 Å². The van der Waals surface area contributed by atoms with E-state index in [-0.39, 0.29) is 0 Å². The molecule has 0 amide bonds. The molecule has 1 atom stereocenters. The number of nitrogens with one attached hydrogen (secondary N) is 2. The van der Waals surface area contributed by atoms with Gasteiger partial charge in [-0.3, -0.25) is 0 Å². The highest BCUT2D eigenvalue weighted by molar-refractivity contribution is 7.98. The third kappa shape index (κ3) is 6.09. The van der Waals surface area contributed by atoms with E-state index >= 15 is 0 Å². The molecule has 6 heteroatoms. The topological polar surface area (TPSA) is 62.7 Å². The molecule has 0 spiro atoms. The Hall–Kier alpha value is -1.04. The highest BCUT2D eigenvalue weighted by Crippen LogP contribution is 2.16. The second-order valence-electron chi connectivity index (χ2n) is 5.44. The summed E-state index contributed by atoms with van der Waals surface area (Å²) < 4.78 is 0. The maximum atomic E-state index is 4.41. The minimum Gasteiger partial charge on any atom is -0.352 e. The summed E-state index contributed by atoms with van der Waals surface area (Å²) in [7, 11) is 0. The zero-order valence-corrected chi connectivity index (χ0v) is 13.5. The van der Waals surface area contributed by atoms with Crippen LogP contribution in [-0.4, -0.2) is 33.3 Å². The molecule has 1 heterocycles.